The third kappa shape index (κ3) is 5.22. The molecule has 1 fully saturated rings. The van der Waals surface area contributed by atoms with E-state index in [4.69, 9.17) is 5.10 Å². The molecule has 106 valence electrons. The largest absolute Gasteiger partial charge is 1.00 e. The number of nitrogens with zero attached hydrogens (tertiary/aromatic N) is 2. The van der Waals surface area contributed by atoms with Crippen LogP contribution in [0.1, 0.15) is 37.7 Å². The van der Waals surface area contributed by atoms with Gasteiger partial charge in [0.15, 0.2) is 0 Å². The number of rotatable bonds is 3. The van der Waals surface area contributed by atoms with E-state index in [-0.39, 0.29) is 24.0 Å². The summed E-state index contributed by atoms with van der Waals surface area (Å²) in [5.41, 5.74) is 2.61. The Bertz CT molecular complexity index is 401. The normalized spacial score (nSPS) is 17.9. The van der Waals surface area contributed by atoms with Gasteiger partial charge in [-0.15, -0.1) is 0 Å². The molecule has 2 rings (SSSR count). The molecule has 0 unspecified atom stereocenters. The summed E-state index contributed by atoms with van der Waals surface area (Å²) in [6.07, 6.45) is 6.70. The Morgan fingerprint density at radius 3 is 2.11 bits per heavy atom. The molecule has 1 aromatic carbocycles. The van der Waals surface area contributed by atoms with Gasteiger partial charge in [-0.1, -0.05) is 54.7 Å². The highest BCUT2D eigenvalue weighted by atomic mass is 127. The first-order valence-electron chi connectivity index (χ1n) is 7.03. The molecule has 2 nitrogen and oxygen atoms in total. The predicted octanol–water partition coefficient (Wildman–Crippen LogP) is 0.681. The number of halogens is 1. The fourth-order valence-corrected chi connectivity index (χ4v) is 2.68. The summed E-state index contributed by atoms with van der Waals surface area (Å²) in [5.74, 6) is 0.651. The molecule has 0 N–H and O–H groups in total. The van der Waals surface area contributed by atoms with E-state index in [1.807, 2.05) is 0 Å². The fraction of sp³-hybridized carbons (Fsp3) is 0.562. The second kappa shape index (κ2) is 7.39. The quantitative estimate of drug-likeness (QED) is 0.320. The smallest absolute Gasteiger partial charge is 0.106 e. The molecule has 1 aliphatic rings. The van der Waals surface area contributed by atoms with Crippen LogP contribution in [-0.2, 0) is 0 Å². The Hall–Kier alpha value is -0.420. The average molecular weight is 372 g/mol. The van der Waals surface area contributed by atoms with Crippen LogP contribution in [0.4, 0.5) is 0 Å². The van der Waals surface area contributed by atoms with Crippen molar-refractivity contribution in [1.82, 2.24) is 0 Å². The van der Waals surface area contributed by atoms with E-state index in [0.717, 1.165) is 0 Å². The summed E-state index contributed by atoms with van der Waals surface area (Å²) in [7, 11) is 6.39. The molecule has 0 amide bonds. The van der Waals surface area contributed by atoms with Crippen molar-refractivity contribution in [2.75, 3.05) is 21.1 Å². The van der Waals surface area contributed by atoms with Crippen molar-refractivity contribution in [2.45, 2.75) is 32.1 Å². The maximum Gasteiger partial charge on any atom is 0.106 e. The van der Waals surface area contributed by atoms with E-state index in [1.165, 1.54) is 43.4 Å². The van der Waals surface area contributed by atoms with Gasteiger partial charge in [-0.05, 0) is 12.8 Å². The summed E-state index contributed by atoms with van der Waals surface area (Å²) >= 11 is 0. The van der Waals surface area contributed by atoms with E-state index in [2.05, 4.69) is 51.5 Å². The van der Waals surface area contributed by atoms with Crippen molar-refractivity contribution in [2.24, 2.45) is 11.0 Å². The highest BCUT2D eigenvalue weighted by Crippen LogP contribution is 2.28. The summed E-state index contributed by atoms with van der Waals surface area (Å²) in [6.45, 7) is 0. The minimum Gasteiger partial charge on any atom is -1.00 e. The second-order valence-electron chi connectivity index (χ2n) is 6.13. The van der Waals surface area contributed by atoms with Crippen LogP contribution >= 0.6 is 0 Å². The molecule has 0 bridgehead atoms. The minimum atomic E-state index is 0. The van der Waals surface area contributed by atoms with E-state index in [9.17, 15) is 0 Å². The van der Waals surface area contributed by atoms with Crippen LogP contribution in [0, 0.1) is 5.92 Å². The summed E-state index contributed by atoms with van der Waals surface area (Å²) in [4.78, 5) is 0. The van der Waals surface area contributed by atoms with Crippen molar-refractivity contribution in [3.05, 3.63) is 35.9 Å². The van der Waals surface area contributed by atoms with Crippen LogP contribution in [0.25, 0.3) is 0 Å². The van der Waals surface area contributed by atoms with E-state index in [1.54, 1.807) is 0 Å². The Labute approximate surface area is 134 Å². The van der Waals surface area contributed by atoms with Gasteiger partial charge in [-0.2, -0.15) is 0 Å². The van der Waals surface area contributed by atoms with Gasteiger partial charge in [0.05, 0.1) is 21.1 Å². The predicted molar refractivity (Wildman–Crippen MR) is 77.6 cm³/mol. The van der Waals surface area contributed by atoms with Crippen molar-refractivity contribution in [1.29, 1.82) is 0 Å². The maximum atomic E-state index is 4.96. The molecule has 0 heterocycles. The van der Waals surface area contributed by atoms with Crippen molar-refractivity contribution >= 4 is 5.71 Å². The summed E-state index contributed by atoms with van der Waals surface area (Å²) in [6, 6.07) is 10.7. The van der Waals surface area contributed by atoms with E-state index >= 15 is 0 Å². The Morgan fingerprint density at radius 2 is 1.58 bits per heavy atom. The van der Waals surface area contributed by atoms with Crippen molar-refractivity contribution < 1.29 is 28.6 Å². The monoisotopic (exact) mass is 372 g/mol. The standard InChI is InChI=1S/C16H25N2.HI/c1-18(2,3)17-16(14-10-6-4-7-11-14)15-12-8-5-9-13-15;/h4,6-7,10-11,15H,5,8-9,12-13H2,1-3H3;1H/q+1;/p-1/b17-16-;. The lowest BCUT2D eigenvalue weighted by atomic mass is 9.83. The van der Waals surface area contributed by atoms with Crippen LogP contribution in [0.3, 0.4) is 0 Å². The lowest BCUT2D eigenvalue weighted by Crippen LogP contribution is -3.00. The first-order chi connectivity index (χ1) is 8.56. The molecule has 0 aromatic heterocycles. The van der Waals surface area contributed by atoms with Crippen molar-refractivity contribution in [3.8, 4) is 0 Å². The molecule has 0 saturated heterocycles. The van der Waals surface area contributed by atoms with Gasteiger partial charge < -0.3 is 24.0 Å². The zero-order valence-corrected chi connectivity index (χ0v) is 14.4. The molecule has 0 atom stereocenters. The first-order valence-corrected chi connectivity index (χ1v) is 7.03. The Morgan fingerprint density at radius 1 is 1.00 bits per heavy atom. The van der Waals surface area contributed by atoms with Gasteiger partial charge in [0, 0.05) is 11.5 Å². The molecule has 1 aliphatic carbocycles. The Kier molecular flexibility index (Phi) is 6.47. The first kappa shape index (κ1) is 16.6. The van der Waals surface area contributed by atoms with Gasteiger partial charge in [-0.3, -0.25) is 0 Å². The number of benzene rings is 1. The SMILES string of the molecule is C[N+](C)(C)/N=C(/c1ccccc1)C1CCCCC1.[I-]. The second-order valence-corrected chi connectivity index (χ2v) is 6.13. The highest BCUT2D eigenvalue weighted by Gasteiger charge is 2.23. The summed E-state index contributed by atoms with van der Waals surface area (Å²) < 4.78 is 0.653. The number of hydrogen-bond acceptors (Lipinski definition) is 1. The van der Waals surface area contributed by atoms with Crippen LogP contribution in [0.15, 0.2) is 35.4 Å². The van der Waals surface area contributed by atoms with Crippen LogP contribution in [0.2, 0.25) is 0 Å². The third-order valence-corrected chi connectivity index (χ3v) is 3.47. The van der Waals surface area contributed by atoms with Gasteiger partial charge >= 0.3 is 0 Å². The molecule has 19 heavy (non-hydrogen) atoms. The third-order valence-electron chi connectivity index (χ3n) is 3.47. The molecule has 0 aliphatic heterocycles. The van der Waals surface area contributed by atoms with Crippen LogP contribution < -0.4 is 24.0 Å². The Balaban J connectivity index is 0.00000180. The van der Waals surface area contributed by atoms with Gasteiger partial charge in [0.2, 0.25) is 0 Å². The van der Waals surface area contributed by atoms with Gasteiger partial charge in [0.25, 0.3) is 0 Å². The summed E-state index contributed by atoms with van der Waals surface area (Å²) in [5, 5.41) is 4.96. The molecular weight excluding hydrogens is 347 g/mol. The fourth-order valence-electron chi connectivity index (χ4n) is 2.68. The molecule has 0 spiro atoms. The minimum absolute atomic E-state index is 0. The van der Waals surface area contributed by atoms with E-state index < -0.39 is 0 Å². The zero-order valence-electron chi connectivity index (χ0n) is 12.3. The molecular formula is C16H25IN2. The zero-order chi connectivity index (χ0) is 13.0. The van der Waals surface area contributed by atoms with Crippen LogP contribution in [0.5, 0.6) is 0 Å². The highest BCUT2D eigenvalue weighted by molar-refractivity contribution is 6.01. The van der Waals surface area contributed by atoms with Gasteiger partial charge in [0.1, 0.15) is 5.71 Å². The topological polar surface area (TPSA) is 12.4 Å². The van der Waals surface area contributed by atoms with Crippen LogP contribution in [-0.4, -0.2) is 31.4 Å². The van der Waals surface area contributed by atoms with Crippen molar-refractivity contribution in [3.63, 3.8) is 0 Å². The molecule has 3 heteroatoms. The number of hydrogen-bond donors (Lipinski definition) is 0. The number of quaternary nitrogens is 1. The molecule has 1 saturated carbocycles. The lowest BCUT2D eigenvalue weighted by Gasteiger charge is -2.26. The van der Waals surface area contributed by atoms with E-state index in [0.29, 0.717) is 10.5 Å². The average Bonchev–Trinajstić information content (AvgIpc) is 2.37. The van der Waals surface area contributed by atoms with Gasteiger partial charge in [-0.25, -0.2) is 4.59 Å². The molecule has 0 radical (unpaired) electrons. The molecule has 1 aromatic rings. The maximum absolute atomic E-state index is 4.96. The lowest BCUT2D eigenvalue weighted by molar-refractivity contribution is -0.877.